The van der Waals surface area contributed by atoms with Crippen molar-refractivity contribution in [1.82, 2.24) is 4.98 Å². The van der Waals surface area contributed by atoms with Crippen molar-refractivity contribution in [2.45, 2.75) is 6.54 Å². The van der Waals surface area contributed by atoms with E-state index in [9.17, 15) is 4.39 Å². The van der Waals surface area contributed by atoms with Crippen LogP contribution in [0.15, 0.2) is 36.5 Å². The van der Waals surface area contributed by atoms with Gasteiger partial charge in [-0.05, 0) is 30.3 Å². The number of halogens is 2. The Morgan fingerprint density at radius 2 is 2.00 bits per heavy atom. The maximum atomic E-state index is 12.9. The smallest absolute Gasteiger partial charge is 0.223 e. The molecule has 1 heterocycles. The molecule has 0 aliphatic heterocycles. The van der Waals surface area contributed by atoms with Gasteiger partial charge in [-0.15, -0.1) is 0 Å². The van der Waals surface area contributed by atoms with Crippen LogP contribution in [0, 0.1) is 5.82 Å². The Bertz CT molecular complexity index is 516. The van der Waals surface area contributed by atoms with Gasteiger partial charge >= 0.3 is 0 Å². The first-order chi connectivity index (χ1) is 8.19. The van der Waals surface area contributed by atoms with Crippen molar-refractivity contribution in [3.8, 4) is 11.6 Å². The summed E-state index contributed by atoms with van der Waals surface area (Å²) in [6.07, 6.45) is 1.09. The minimum Gasteiger partial charge on any atom is -0.439 e. The first-order valence-electron chi connectivity index (χ1n) is 4.97. The monoisotopic (exact) mass is 252 g/mol. The lowest BCUT2D eigenvalue weighted by Crippen LogP contribution is -2.02. The minimum absolute atomic E-state index is 0.160. The predicted molar refractivity (Wildman–Crippen MR) is 63.6 cm³/mol. The molecule has 5 heteroatoms. The van der Waals surface area contributed by atoms with Crippen LogP contribution in [-0.2, 0) is 6.54 Å². The Morgan fingerprint density at radius 3 is 2.65 bits per heavy atom. The summed E-state index contributed by atoms with van der Waals surface area (Å²) in [4.78, 5) is 3.86. The number of rotatable bonds is 3. The summed E-state index contributed by atoms with van der Waals surface area (Å²) < 4.78 is 18.4. The Morgan fingerprint density at radius 1 is 1.29 bits per heavy atom. The molecule has 2 rings (SSSR count). The normalized spacial score (nSPS) is 10.3. The Kier molecular flexibility index (Phi) is 3.56. The zero-order chi connectivity index (χ0) is 12.3. The number of nitrogens with two attached hydrogens (primary N) is 1. The van der Waals surface area contributed by atoms with E-state index in [1.807, 2.05) is 0 Å². The third kappa shape index (κ3) is 2.93. The Hall–Kier alpha value is -1.65. The number of aromatic nitrogens is 1. The van der Waals surface area contributed by atoms with E-state index in [1.54, 1.807) is 24.3 Å². The molecule has 0 unspecified atom stereocenters. The van der Waals surface area contributed by atoms with E-state index in [1.165, 1.54) is 6.07 Å². The maximum Gasteiger partial charge on any atom is 0.223 e. The molecular weight excluding hydrogens is 243 g/mol. The highest BCUT2D eigenvalue weighted by Crippen LogP contribution is 2.24. The number of benzene rings is 1. The van der Waals surface area contributed by atoms with Crippen LogP contribution in [-0.4, -0.2) is 4.98 Å². The van der Waals surface area contributed by atoms with E-state index in [-0.39, 0.29) is 6.54 Å². The van der Waals surface area contributed by atoms with Crippen molar-refractivity contribution in [2.24, 2.45) is 5.73 Å². The molecule has 17 heavy (non-hydrogen) atoms. The molecule has 3 nitrogen and oxygen atoms in total. The van der Waals surface area contributed by atoms with E-state index >= 15 is 0 Å². The Labute approximate surface area is 103 Å². The van der Waals surface area contributed by atoms with Crippen molar-refractivity contribution in [2.75, 3.05) is 0 Å². The molecule has 1 aromatic heterocycles. The SMILES string of the molecule is NCc1cc(F)cnc1Oc1ccc(Cl)cc1. The number of nitrogens with zero attached hydrogens (tertiary/aromatic N) is 1. The quantitative estimate of drug-likeness (QED) is 0.913. The van der Waals surface area contributed by atoms with Crippen LogP contribution in [0.4, 0.5) is 4.39 Å². The molecule has 0 amide bonds. The molecule has 2 N–H and O–H groups in total. The molecule has 0 saturated carbocycles. The standard InChI is InChI=1S/C12H10ClFN2O/c13-9-1-3-11(4-2-9)17-12-8(6-15)5-10(14)7-16-12/h1-5,7H,6,15H2. The van der Waals surface area contributed by atoms with Gasteiger partial charge < -0.3 is 10.5 Å². The topological polar surface area (TPSA) is 48.1 Å². The van der Waals surface area contributed by atoms with E-state index in [2.05, 4.69) is 4.98 Å². The van der Waals surface area contributed by atoms with Crippen molar-refractivity contribution < 1.29 is 9.13 Å². The highest BCUT2D eigenvalue weighted by Gasteiger charge is 2.06. The lowest BCUT2D eigenvalue weighted by atomic mass is 10.2. The largest absolute Gasteiger partial charge is 0.439 e. The van der Waals surface area contributed by atoms with Crippen LogP contribution in [0.5, 0.6) is 11.6 Å². The average molecular weight is 253 g/mol. The van der Waals surface area contributed by atoms with Gasteiger partial charge in [0.25, 0.3) is 0 Å². The van der Waals surface area contributed by atoms with Gasteiger partial charge in [0, 0.05) is 17.1 Å². The Balaban J connectivity index is 2.26. The molecule has 0 fully saturated rings. The van der Waals surface area contributed by atoms with Gasteiger partial charge in [0.2, 0.25) is 5.88 Å². The van der Waals surface area contributed by atoms with Crippen LogP contribution in [0.3, 0.4) is 0 Å². The van der Waals surface area contributed by atoms with Crippen molar-refractivity contribution in [3.05, 3.63) is 52.9 Å². The second kappa shape index (κ2) is 5.12. The molecule has 0 spiro atoms. The number of hydrogen-bond acceptors (Lipinski definition) is 3. The summed E-state index contributed by atoms with van der Waals surface area (Å²) in [6, 6.07) is 8.10. The fourth-order valence-corrected chi connectivity index (χ4v) is 1.45. The lowest BCUT2D eigenvalue weighted by Gasteiger charge is -2.08. The number of pyridine rings is 1. The van der Waals surface area contributed by atoms with Crippen molar-refractivity contribution in [3.63, 3.8) is 0 Å². The van der Waals surface area contributed by atoms with Crippen LogP contribution in [0.25, 0.3) is 0 Å². The third-order valence-electron chi connectivity index (χ3n) is 2.14. The third-order valence-corrected chi connectivity index (χ3v) is 2.39. The molecule has 0 bridgehead atoms. The maximum absolute atomic E-state index is 12.9. The molecule has 1 aromatic carbocycles. The van der Waals surface area contributed by atoms with Gasteiger partial charge in [0.1, 0.15) is 11.6 Å². The lowest BCUT2D eigenvalue weighted by molar-refractivity contribution is 0.452. The fourth-order valence-electron chi connectivity index (χ4n) is 1.32. The predicted octanol–water partition coefficient (Wildman–Crippen LogP) is 3.13. The molecule has 0 aliphatic rings. The molecule has 0 radical (unpaired) electrons. The fraction of sp³-hybridized carbons (Fsp3) is 0.0833. The van der Waals surface area contributed by atoms with Crippen LogP contribution in [0.2, 0.25) is 5.02 Å². The van der Waals surface area contributed by atoms with Gasteiger partial charge in [-0.3, -0.25) is 0 Å². The molecular formula is C12H10ClFN2O. The van der Waals surface area contributed by atoms with Gasteiger partial charge in [0.15, 0.2) is 0 Å². The highest BCUT2D eigenvalue weighted by atomic mass is 35.5. The summed E-state index contributed by atoms with van der Waals surface area (Å²) in [6.45, 7) is 0.160. The van der Waals surface area contributed by atoms with Gasteiger partial charge in [-0.1, -0.05) is 11.6 Å². The summed E-state index contributed by atoms with van der Waals surface area (Å²) >= 11 is 5.75. The van der Waals surface area contributed by atoms with E-state index < -0.39 is 5.82 Å². The summed E-state index contributed by atoms with van der Waals surface area (Å²) in [5.74, 6) is 0.438. The van der Waals surface area contributed by atoms with E-state index in [0.29, 0.717) is 22.2 Å². The van der Waals surface area contributed by atoms with E-state index in [4.69, 9.17) is 22.1 Å². The van der Waals surface area contributed by atoms with Crippen LogP contribution >= 0.6 is 11.6 Å². The molecule has 88 valence electrons. The first-order valence-corrected chi connectivity index (χ1v) is 5.35. The van der Waals surface area contributed by atoms with E-state index in [0.717, 1.165) is 6.20 Å². The van der Waals surface area contributed by atoms with Crippen molar-refractivity contribution in [1.29, 1.82) is 0 Å². The zero-order valence-corrected chi connectivity index (χ0v) is 9.62. The summed E-state index contributed by atoms with van der Waals surface area (Å²) in [7, 11) is 0. The molecule has 0 atom stereocenters. The van der Waals surface area contributed by atoms with Crippen molar-refractivity contribution >= 4 is 11.6 Å². The second-order valence-corrected chi connectivity index (χ2v) is 3.81. The first kappa shape index (κ1) is 11.8. The minimum atomic E-state index is -0.436. The average Bonchev–Trinajstić information content (AvgIpc) is 2.34. The highest BCUT2D eigenvalue weighted by molar-refractivity contribution is 6.30. The second-order valence-electron chi connectivity index (χ2n) is 3.38. The summed E-state index contributed by atoms with van der Waals surface area (Å²) in [5.41, 5.74) is 6.00. The van der Waals surface area contributed by atoms with Gasteiger partial charge in [0.05, 0.1) is 6.20 Å². The van der Waals surface area contributed by atoms with Crippen LogP contribution < -0.4 is 10.5 Å². The number of ether oxygens (including phenoxy) is 1. The molecule has 0 saturated heterocycles. The molecule has 0 aliphatic carbocycles. The van der Waals surface area contributed by atoms with Crippen LogP contribution in [0.1, 0.15) is 5.56 Å². The van der Waals surface area contributed by atoms with Gasteiger partial charge in [-0.2, -0.15) is 0 Å². The molecule has 2 aromatic rings. The number of hydrogen-bond donors (Lipinski definition) is 1. The summed E-state index contributed by atoms with van der Waals surface area (Å²) in [5, 5.41) is 0.614. The van der Waals surface area contributed by atoms with Gasteiger partial charge in [-0.25, -0.2) is 9.37 Å². The zero-order valence-electron chi connectivity index (χ0n) is 8.86.